The van der Waals surface area contributed by atoms with Crippen LogP contribution in [-0.4, -0.2) is 0 Å². The Morgan fingerprint density at radius 3 is 0.957 bits per heavy atom. The van der Waals surface area contributed by atoms with E-state index in [1.165, 1.54) is 195 Å². The van der Waals surface area contributed by atoms with Crippen LogP contribution in [0.2, 0.25) is 0 Å². The molecule has 2 aliphatic carbocycles. The first kappa shape index (κ1) is 58.2. The summed E-state index contributed by atoms with van der Waals surface area (Å²) in [5.41, 5.74) is 27.9. The van der Waals surface area contributed by atoms with Crippen LogP contribution >= 0.6 is 0 Å². The molecular formula is C92H78. The molecular weight excluding hydrogens is 1110 g/mol. The fourth-order valence-corrected chi connectivity index (χ4v) is 16.1. The van der Waals surface area contributed by atoms with Gasteiger partial charge in [-0.05, 0) is 181 Å². The van der Waals surface area contributed by atoms with Gasteiger partial charge in [0.2, 0.25) is 0 Å². The number of benzene rings is 13. The maximum Gasteiger partial charge on any atom is 0.0463 e. The maximum absolute atomic E-state index is 2.55. The second-order valence-corrected chi connectivity index (χ2v) is 25.7. The van der Waals surface area contributed by atoms with Crippen LogP contribution in [0.4, 0.5) is 0 Å². The van der Waals surface area contributed by atoms with Crippen LogP contribution in [0.5, 0.6) is 0 Å². The molecule has 0 N–H and O–H groups in total. The van der Waals surface area contributed by atoms with Gasteiger partial charge in [-0.15, -0.1) is 0 Å². The summed E-state index contributed by atoms with van der Waals surface area (Å²) < 4.78 is 0. The van der Waals surface area contributed by atoms with Crippen molar-refractivity contribution in [1.82, 2.24) is 0 Å². The molecule has 0 saturated carbocycles. The fourth-order valence-electron chi connectivity index (χ4n) is 16.1. The van der Waals surface area contributed by atoms with Crippen LogP contribution in [0.1, 0.15) is 145 Å². The molecule has 0 radical (unpaired) electrons. The van der Waals surface area contributed by atoms with Gasteiger partial charge in [0.25, 0.3) is 0 Å². The first-order chi connectivity index (χ1) is 45.6. The van der Waals surface area contributed by atoms with Gasteiger partial charge in [0.15, 0.2) is 0 Å². The van der Waals surface area contributed by atoms with E-state index in [1.807, 2.05) is 0 Å². The van der Waals surface area contributed by atoms with E-state index in [4.69, 9.17) is 0 Å². The second-order valence-electron chi connectivity index (χ2n) is 25.7. The largest absolute Gasteiger partial charge is 0.0654 e. The Kier molecular flexibility index (Phi) is 16.2. The van der Waals surface area contributed by atoms with Crippen LogP contribution in [0, 0.1) is 0 Å². The zero-order valence-corrected chi connectivity index (χ0v) is 53.1. The molecule has 0 fully saturated rings. The van der Waals surface area contributed by atoms with Crippen LogP contribution in [-0.2, 0) is 10.8 Å². The van der Waals surface area contributed by atoms with Crippen molar-refractivity contribution >= 4 is 44.8 Å². The third-order valence-corrected chi connectivity index (χ3v) is 20.4. The summed E-state index contributed by atoms with van der Waals surface area (Å²) >= 11 is 0. The van der Waals surface area contributed by atoms with Crippen molar-refractivity contribution < 1.29 is 0 Å². The minimum Gasteiger partial charge on any atom is -0.0654 e. The normalized spacial score (nSPS) is 15.7. The van der Waals surface area contributed by atoms with E-state index < -0.39 is 0 Å². The molecule has 0 nitrogen and oxygen atoms in total. The Morgan fingerprint density at radius 2 is 0.587 bits per heavy atom. The minimum atomic E-state index is -0.252. The zero-order chi connectivity index (χ0) is 61.9. The molecule has 13 aromatic carbocycles. The lowest BCUT2D eigenvalue weighted by atomic mass is 9.69. The summed E-state index contributed by atoms with van der Waals surface area (Å²) in [6.07, 6.45) is 16.7. The Bertz CT molecular complexity index is 4470. The summed E-state index contributed by atoms with van der Waals surface area (Å²) in [5.74, 6) is 0. The van der Waals surface area contributed by atoms with Crippen LogP contribution in [0.25, 0.3) is 89.4 Å². The highest BCUT2D eigenvalue weighted by Crippen LogP contribution is 2.58. The van der Waals surface area contributed by atoms with Gasteiger partial charge in [-0.1, -0.05) is 356 Å². The van der Waals surface area contributed by atoms with Gasteiger partial charge < -0.3 is 0 Å². The van der Waals surface area contributed by atoms with Gasteiger partial charge in [-0.2, -0.15) is 0 Å². The number of rotatable bonds is 20. The minimum absolute atomic E-state index is 0.252. The molecule has 15 rings (SSSR count). The fraction of sp³-hybridized carbons (Fsp3) is 0.152. The van der Waals surface area contributed by atoms with Gasteiger partial charge >= 0.3 is 0 Å². The predicted molar refractivity (Wildman–Crippen MR) is 393 cm³/mol. The Labute approximate surface area is 545 Å². The molecule has 2 atom stereocenters. The third kappa shape index (κ3) is 10.5. The molecule has 0 aromatic heterocycles. The molecule has 2 unspecified atom stereocenters. The molecule has 0 amide bonds. The predicted octanol–water partition coefficient (Wildman–Crippen LogP) is 25.1. The van der Waals surface area contributed by atoms with Crippen molar-refractivity contribution in [3.63, 3.8) is 0 Å². The van der Waals surface area contributed by atoms with Crippen molar-refractivity contribution in [1.29, 1.82) is 0 Å². The van der Waals surface area contributed by atoms with E-state index in [2.05, 4.69) is 329 Å². The van der Waals surface area contributed by atoms with Gasteiger partial charge in [0.05, 0.1) is 0 Å². The highest BCUT2D eigenvalue weighted by Gasteiger charge is 2.46. The first-order valence-corrected chi connectivity index (χ1v) is 33.8. The van der Waals surface area contributed by atoms with E-state index in [0.29, 0.717) is 0 Å². The molecule has 13 aromatic rings. The van der Waals surface area contributed by atoms with Crippen molar-refractivity contribution in [3.05, 3.63) is 370 Å². The summed E-state index contributed by atoms with van der Waals surface area (Å²) in [6, 6.07) is 115. The third-order valence-electron chi connectivity index (χ3n) is 20.4. The van der Waals surface area contributed by atoms with Gasteiger partial charge in [-0.3, -0.25) is 0 Å². The summed E-state index contributed by atoms with van der Waals surface area (Å²) in [7, 11) is 0. The van der Waals surface area contributed by atoms with Crippen LogP contribution in [0.3, 0.4) is 0 Å². The van der Waals surface area contributed by atoms with E-state index in [9.17, 15) is 0 Å². The summed E-state index contributed by atoms with van der Waals surface area (Å²) in [6.45, 7) is 4.62. The second kappa shape index (κ2) is 25.6. The smallest absolute Gasteiger partial charge is 0.0463 e. The highest BCUT2D eigenvalue weighted by molar-refractivity contribution is 6.21. The molecule has 0 aliphatic heterocycles. The molecule has 0 heterocycles. The van der Waals surface area contributed by atoms with E-state index in [0.717, 1.165) is 12.8 Å². The maximum atomic E-state index is 2.55. The van der Waals surface area contributed by atoms with Gasteiger partial charge in [-0.25, -0.2) is 0 Å². The number of hydrogen-bond donors (Lipinski definition) is 0. The zero-order valence-electron chi connectivity index (χ0n) is 53.1. The molecule has 2 aliphatic rings. The number of fused-ring (bicyclic) bond motifs is 8. The monoisotopic (exact) mass is 1180 g/mol. The van der Waals surface area contributed by atoms with Crippen LogP contribution < -0.4 is 0 Å². The van der Waals surface area contributed by atoms with Gasteiger partial charge in [0.1, 0.15) is 0 Å². The van der Waals surface area contributed by atoms with Crippen LogP contribution in [0.15, 0.2) is 303 Å². The highest BCUT2D eigenvalue weighted by atomic mass is 14.5. The number of hydrogen-bond acceptors (Lipinski definition) is 0. The average Bonchev–Trinajstić information content (AvgIpc) is 1.33. The van der Waals surface area contributed by atoms with Crippen molar-refractivity contribution in [2.45, 2.75) is 88.9 Å². The molecule has 0 spiro atoms. The topological polar surface area (TPSA) is 0 Å². The quantitative estimate of drug-likeness (QED) is 0.0405. The molecule has 92 heavy (non-hydrogen) atoms. The van der Waals surface area contributed by atoms with Crippen molar-refractivity contribution in [2.75, 3.05) is 0 Å². The molecule has 0 bridgehead atoms. The van der Waals surface area contributed by atoms with Gasteiger partial charge in [0, 0.05) is 10.8 Å². The Balaban J connectivity index is 0.820. The SMILES string of the molecule is CCCCCCC1(c2ccccc2)c2ccccc2-c2ccc(/C(=C\c3ccccc3)c3ccc(-c4c5ccccc5c(-c5ccc(/C(=C/c6ccccc6)c6ccc7c(c6)C(CCCCCC)(c6ccccc6)c6ccccc6-7)cc5)c5ccccc45)cc3)cc21. The lowest BCUT2D eigenvalue weighted by Gasteiger charge is -2.33. The standard InChI is InChI=1S/C92H78/c1-3-5-7-29-59-91(73-35-17-11-18-36-73)85-45-27-25-39-75(85)77-57-55-71(63-87(77)91)83(61-65-31-13-9-14-32-65)67-47-51-69(52-48-67)89-79-41-21-23-43-81(79)90(82-44-24-22-42-80(82)89)70-53-49-68(50-54-70)84(62-66-33-15-10-16-34-66)72-56-58-78-76-40-26-28-46-86(76)92(88(78)64-72,60-30-8-6-4-2)74-37-19-12-20-38-74/h9-28,31-58,61-64H,3-8,29-30,59-60H2,1-2H3/b83-61-,84-62-. The Morgan fingerprint density at radius 1 is 0.272 bits per heavy atom. The summed E-state index contributed by atoms with van der Waals surface area (Å²) in [4.78, 5) is 0. The lowest BCUT2D eigenvalue weighted by Crippen LogP contribution is -2.27. The van der Waals surface area contributed by atoms with E-state index in [1.54, 1.807) is 0 Å². The van der Waals surface area contributed by atoms with Crippen molar-refractivity contribution in [2.24, 2.45) is 0 Å². The molecule has 0 heteroatoms. The van der Waals surface area contributed by atoms with E-state index >= 15 is 0 Å². The molecule has 446 valence electrons. The summed E-state index contributed by atoms with van der Waals surface area (Å²) in [5, 5.41) is 4.97. The first-order valence-electron chi connectivity index (χ1n) is 33.8. The molecule has 0 saturated heterocycles. The van der Waals surface area contributed by atoms with E-state index in [-0.39, 0.29) is 10.8 Å². The van der Waals surface area contributed by atoms with Crippen molar-refractivity contribution in [3.8, 4) is 44.5 Å². The number of unbranched alkanes of at least 4 members (excludes halogenated alkanes) is 6. The Hall–Kier alpha value is -10.1. The average molecular weight is 1180 g/mol. The lowest BCUT2D eigenvalue weighted by molar-refractivity contribution is 0.516.